The number of methoxy groups -OCH3 is 1. The second kappa shape index (κ2) is 13.7. The van der Waals surface area contributed by atoms with E-state index < -0.39 is 12.0 Å². The van der Waals surface area contributed by atoms with E-state index in [2.05, 4.69) is 10.6 Å². The number of rotatable bonds is 11. The Hall–Kier alpha value is -1.58. The van der Waals surface area contributed by atoms with E-state index in [9.17, 15) is 9.59 Å². The van der Waals surface area contributed by atoms with Crippen LogP contribution in [0, 0.1) is 0 Å². The van der Waals surface area contributed by atoms with Crippen molar-refractivity contribution in [3.05, 3.63) is 58.1 Å². The van der Waals surface area contributed by atoms with Gasteiger partial charge in [0.15, 0.2) is 0 Å². The van der Waals surface area contributed by atoms with Gasteiger partial charge in [0, 0.05) is 24.3 Å². The molecule has 0 aliphatic heterocycles. The number of halogens is 2. The minimum absolute atomic E-state index is 0.0119. The van der Waals surface area contributed by atoms with Gasteiger partial charge in [0.25, 0.3) is 0 Å². The molecule has 0 radical (unpaired) electrons. The van der Waals surface area contributed by atoms with E-state index in [0.29, 0.717) is 39.3 Å². The highest BCUT2D eigenvalue weighted by Crippen LogP contribution is 2.33. The Labute approximate surface area is 193 Å². The Bertz CT molecular complexity index is 835. The zero-order chi connectivity index (χ0) is 21.8. The number of anilines is 2. The summed E-state index contributed by atoms with van der Waals surface area (Å²) in [6.45, 7) is 0.888. The van der Waals surface area contributed by atoms with Crippen molar-refractivity contribution in [3.63, 3.8) is 0 Å². The number of carbonyl (C=O) groups excluding carboxylic acids is 2. The molecular formula is C20H22Cl2N2O4S2. The first-order valence-corrected chi connectivity index (χ1v) is 12.2. The van der Waals surface area contributed by atoms with Crippen molar-refractivity contribution in [2.45, 2.75) is 6.42 Å². The van der Waals surface area contributed by atoms with E-state index in [1.165, 1.54) is 0 Å². The van der Waals surface area contributed by atoms with Gasteiger partial charge in [-0.2, -0.15) is 0 Å². The molecule has 2 rings (SSSR count). The van der Waals surface area contributed by atoms with E-state index in [-0.39, 0.29) is 13.0 Å². The maximum atomic E-state index is 12.3. The van der Waals surface area contributed by atoms with Crippen LogP contribution in [-0.4, -0.2) is 43.8 Å². The molecule has 0 heterocycles. The number of para-hydroxylation sites is 2. The largest absolute Gasteiger partial charge is 0.448 e. The first kappa shape index (κ1) is 24.7. The normalized spacial score (nSPS) is 10.5. The van der Waals surface area contributed by atoms with Gasteiger partial charge in [0.1, 0.15) is 6.61 Å². The SMILES string of the molecule is COCCSSCCOC(=O)NC(=O)Cc1ccccc1Nc1c(Cl)cccc1Cl. The van der Waals surface area contributed by atoms with E-state index in [1.54, 1.807) is 65.1 Å². The molecule has 162 valence electrons. The molecule has 0 saturated heterocycles. The third-order valence-electron chi connectivity index (χ3n) is 3.69. The molecule has 0 aliphatic rings. The second-order valence-electron chi connectivity index (χ2n) is 5.88. The van der Waals surface area contributed by atoms with Gasteiger partial charge in [-0.1, -0.05) is 69.1 Å². The quantitative estimate of drug-likeness (QED) is 0.316. The van der Waals surface area contributed by atoms with Crippen molar-refractivity contribution < 1.29 is 19.1 Å². The fourth-order valence-corrected chi connectivity index (χ4v) is 4.55. The van der Waals surface area contributed by atoms with Crippen molar-refractivity contribution in [2.24, 2.45) is 0 Å². The summed E-state index contributed by atoms with van der Waals surface area (Å²) in [5.41, 5.74) is 1.90. The number of hydrogen-bond acceptors (Lipinski definition) is 7. The lowest BCUT2D eigenvalue weighted by atomic mass is 10.1. The van der Waals surface area contributed by atoms with E-state index in [1.807, 2.05) is 6.07 Å². The molecule has 0 saturated carbocycles. The lowest BCUT2D eigenvalue weighted by Crippen LogP contribution is -2.32. The van der Waals surface area contributed by atoms with Crippen LogP contribution < -0.4 is 10.6 Å². The minimum atomic E-state index is -0.762. The average molecular weight is 489 g/mol. The third kappa shape index (κ3) is 8.65. The molecule has 30 heavy (non-hydrogen) atoms. The van der Waals surface area contributed by atoms with Crippen LogP contribution in [0.25, 0.3) is 0 Å². The van der Waals surface area contributed by atoms with Crippen LogP contribution in [0.2, 0.25) is 10.0 Å². The zero-order valence-corrected chi connectivity index (χ0v) is 19.4. The van der Waals surface area contributed by atoms with Crippen molar-refractivity contribution in [1.82, 2.24) is 5.32 Å². The number of benzene rings is 2. The number of amides is 2. The number of hydrogen-bond donors (Lipinski definition) is 2. The van der Waals surface area contributed by atoms with E-state index in [4.69, 9.17) is 32.7 Å². The van der Waals surface area contributed by atoms with Crippen molar-refractivity contribution >= 4 is 68.2 Å². The summed E-state index contributed by atoms with van der Waals surface area (Å²) in [4.78, 5) is 24.1. The molecule has 2 aromatic carbocycles. The Morgan fingerprint density at radius 1 is 0.967 bits per heavy atom. The summed E-state index contributed by atoms with van der Waals surface area (Å²) in [6.07, 6.45) is -0.774. The lowest BCUT2D eigenvalue weighted by molar-refractivity contribution is -0.119. The van der Waals surface area contributed by atoms with Crippen LogP contribution in [0.1, 0.15) is 5.56 Å². The predicted octanol–water partition coefficient (Wildman–Crippen LogP) is 5.56. The number of imide groups is 1. The zero-order valence-electron chi connectivity index (χ0n) is 16.3. The minimum Gasteiger partial charge on any atom is -0.448 e. The van der Waals surface area contributed by atoms with Crippen LogP contribution in [0.3, 0.4) is 0 Å². The summed E-state index contributed by atoms with van der Waals surface area (Å²) < 4.78 is 9.98. The van der Waals surface area contributed by atoms with E-state index in [0.717, 1.165) is 5.75 Å². The molecule has 2 amide bonds. The fourth-order valence-electron chi connectivity index (χ4n) is 2.32. The topological polar surface area (TPSA) is 76.7 Å². The van der Waals surface area contributed by atoms with Gasteiger partial charge < -0.3 is 14.8 Å². The molecule has 6 nitrogen and oxygen atoms in total. The predicted molar refractivity (Wildman–Crippen MR) is 126 cm³/mol. The van der Waals surface area contributed by atoms with Gasteiger partial charge in [-0.15, -0.1) is 0 Å². The van der Waals surface area contributed by atoms with Gasteiger partial charge in [-0.3, -0.25) is 10.1 Å². The Morgan fingerprint density at radius 3 is 2.33 bits per heavy atom. The molecule has 0 bridgehead atoms. The van der Waals surface area contributed by atoms with Crippen LogP contribution >= 0.6 is 44.8 Å². The highest BCUT2D eigenvalue weighted by molar-refractivity contribution is 8.76. The molecule has 0 atom stereocenters. The molecule has 10 heteroatoms. The van der Waals surface area contributed by atoms with Crippen molar-refractivity contribution in [1.29, 1.82) is 0 Å². The monoisotopic (exact) mass is 488 g/mol. The standard InChI is InChI=1S/C20H22Cl2N2O4S2/c1-27-9-11-29-30-12-10-28-20(26)24-18(25)13-14-5-2-3-8-17(14)23-19-15(21)6-4-7-16(19)22/h2-8,23H,9-13H2,1H3,(H,24,25,26). The van der Waals surface area contributed by atoms with Crippen LogP contribution in [0.5, 0.6) is 0 Å². The summed E-state index contributed by atoms with van der Waals surface area (Å²) in [6, 6.07) is 12.4. The number of ether oxygens (including phenoxy) is 2. The first-order chi connectivity index (χ1) is 14.5. The molecule has 2 aromatic rings. The second-order valence-corrected chi connectivity index (χ2v) is 9.39. The Balaban J connectivity index is 1.83. The summed E-state index contributed by atoms with van der Waals surface area (Å²) >= 11 is 12.4. The Kier molecular flexibility index (Phi) is 11.2. The molecule has 2 N–H and O–H groups in total. The summed E-state index contributed by atoms with van der Waals surface area (Å²) in [5.74, 6) is 1.02. The van der Waals surface area contributed by atoms with Crippen LogP contribution in [0.15, 0.2) is 42.5 Å². The van der Waals surface area contributed by atoms with Gasteiger partial charge >= 0.3 is 6.09 Å². The van der Waals surface area contributed by atoms with Crippen LogP contribution in [0.4, 0.5) is 16.2 Å². The average Bonchev–Trinajstić information content (AvgIpc) is 2.71. The van der Waals surface area contributed by atoms with Gasteiger partial charge in [0.2, 0.25) is 5.91 Å². The number of nitrogens with one attached hydrogen (secondary N) is 2. The fraction of sp³-hybridized carbons (Fsp3) is 0.300. The summed E-state index contributed by atoms with van der Waals surface area (Å²) in [7, 11) is 4.86. The maximum absolute atomic E-state index is 12.3. The molecule has 0 aromatic heterocycles. The molecule has 0 fully saturated rings. The van der Waals surface area contributed by atoms with Crippen molar-refractivity contribution in [3.8, 4) is 0 Å². The molecular weight excluding hydrogens is 467 g/mol. The lowest BCUT2D eigenvalue weighted by Gasteiger charge is -2.14. The smallest absolute Gasteiger partial charge is 0.413 e. The summed E-state index contributed by atoms with van der Waals surface area (Å²) in [5, 5.41) is 6.32. The molecule has 0 unspecified atom stereocenters. The highest BCUT2D eigenvalue weighted by atomic mass is 35.5. The number of alkyl carbamates (subject to hydrolysis) is 1. The van der Waals surface area contributed by atoms with E-state index >= 15 is 0 Å². The molecule has 0 spiro atoms. The van der Waals surface area contributed by atoms with Gasteiger partial charge in [-0.05, 0) is 23.8 Å². The maximum Gasteiger partial charge on any atom is 0.413 e. The highest BCUT2D eigenvalue weighted by Gasteiger charge is 2.14. The number of carbonyl (C=O) groups is 2. The van der Waals surface area contributed by atoms with Gasteiger partial charge in [-0.25, -0.2) is 4.79 Å². The third-order valence-corrected chi connectivity index (χ3v) is 6.65. The first-order valence-electron chi connectivity index (χ1n) is 9.00. The van der Waals surface area contributed by atoms with Crippen molar-refractivity contribution in [2.75, 3.05) is 37.1 Å². The Morgan fingerprint density at radius 2 is 1.63 bits per heavy atom. The molecule has 0 aliphatic carbocycles. The van der Waals surface area contributed by atoms with Gasteiger partial charge in [0.05, 0.1) is 28.8 Å². The van der Waals surface area contributed by atoms with Crippen LogP contribution in [-0.2, 0) is 20.7 Å².